The third-order valence-electron chi connectivity index (χ3n) is 2.85. The van der Waals surface area contributed by atoms with Crippen molar-refractivity contribution in [1.82, 2.24) is 0 Å². The third kappa shape index (κ3) is 3.09. The largest absolute Gasteiger partial charge is 0.493 e. The predicted molar refractivity (Wildman–Crippen MR) is 76.0 cm³/mol. The van der Waals surface area contributed by atoms with E-state index in [4.69, 9.17) is 26.8 Å². The summed E-state index contributed by atoms with van der Waals surface area (Å²) in [6, 6.07) is 2.06. The highest BCUT2D eigenvalue weighted by molar-refractivity contribution is 6.33. The molecule has 0 heterocycles. The van der Waals surface area contributed by atoms with Gasteiger partial charge in [-0.25, -0.2) is 0 Å². The lowest BCUT2D eigenvalue weighted by molar-refractivity contribution is 0.354. The van der Waals surface area contributed by atoms with Gasteiger partial charge in [0.05, 0.1) is 19.2 Å². The first-order valence-electron chi connectivity index (χ1n) is 6.11. The van der Waals surface area contributed by atoms with E-state index >= 15 is 0 Å². The van der Waals surface area contributed by atoms with Crippen LogP contribution in [0.4, 0.5) is 0 Å². The molecule has 2 N–H and O–H groups in total. The topological polar surface area (TPSA) is 44.5 Å². The number of hydrogen-bond acceptors (Lipinski definition) is 3. The molecule has 0 fully saturated rings. The quantitative estimate of drug-likeness (QED) is 0.893. The fraction of sp³-hybridized carbons (Fsp3) is 0.571. The lowest BCUT2D eigenvalue weighted by Crippen LogP contribution is -2.19. The molecule has 0 saturated carbocycles. The van der Waals surface area contributed by atoms with E-state index in [1.165, 1.54) is 0 Å². The van der Waals surface area contributed by atoms with Gasteiger partial charge in [0.25, 0.3) is 0 Å². The number of nitrogens with two attached hydrogens (primary N) is 1. The zero-order valence-corrected chi connectivity index (χ0v) is 12.5. The maximum atomic E-state index is 6.43. The van der Waals surface area contributed by atoms with E-state index in [0.717, 1.165) is 17.5 Å². The van der Waals surface area contributed by atoms with Gasteiger partial charge < -0.3 is 15.2 Å². The molecule has 0 aromatic heterocycles. The Hall–Kier alpha value is -0.930. The molecule has 1 unspecified atom stereocenters. The number of methoxy groups -OCH3 is 2. The molecule has 18 heavy (non-hydrogen) atoms. The first kappa shape index (κ1) is 15.1. The minimum Gasteiger partial charge on any atom is -0.493 e. The Labute approximate surface area is 114 Å². The Kier molecular flexibility index (Phi) is 5.29. The van der Waals surface area contributed by atoms with Crippen LogP contribution in [0.1, 0.15) is 37.8 Å². The van der Waals surface area contributed by atoms with Crippen LogP contribution in [0.2, 0.25) is 5.02 Å². The van der Waals surface area contributed by atoms with Crippen molar-refractivity contribution in [2.75, 3.05) is 14.2 Å². The maximum absolute atomic E-state index is 6.43. The summed E-state index contributed by atoms with van der Waals surface area (Å²) in [5.41, 5.74) is 8.11. The van der Waals surface area contributed by atoms with Gasteiger partial charge in [-0.3, -0.25) is 0 Å². The van der Waals surface area contributed by atoms with Crippen LogP contribution in [-0.4, -0.2) is 20.3 Å². The molecule has 1 aromatic carbocycles. The zero-order chi connectivity index (χ0) is 13.9. The fourth-order valence-electron chi connectivity index (χ4n) is 2.15. The Balaban J connectivity index is 3.44. The Bertz CT molecular complexity index is 417. The van der Waals surface area contributed by atoms with Gasteiger partial charge in [0.15, 0.2) is 11.5 Å². The Morgan fingerprint density at radius 2 is 1.83 bits per heavy atom. The first-order chi connectivity index (χ1) is 8.42. The molecule has 102 valence electrons. The van der Waals surface area contributed by atoms with Gasteiger partial charge in [0.1, 0.15) is 0 Å². The highest BCUT2D eigenvalue weighted by atomic mass is 35.5. The summed E-state index contributed by atoms with van der Waals surface area (Å²) in [4.78, 5) is 0. The van der Waals surface area contributed by atoms with Gasteiger partial charge >= 0.3 is 0 Å². The molecular formula is C14H22ClNO2. The number of hydrogen-bond donors (Lipinski definition) is 1. The maximum Gasteiger partial charge on any atom is 0.179 e. The van der Waals surface area contributed by atoms with Crippen LogP contribution in [0.15, 0.2) is 6.07 Å². The molecule has 1 aromatic rings. The minimum absolute atomic E-state index is 0.0802. The van der Waals surface area contributed by atoms with Crippen LogP contribution in [0, 0.1) is 0 Å². The second-order valence-corrected chi connectivity index (χ2v) is 5.21. The second-order valence-electron chi connectivity index (χ2n) is 4.83. The number of rotatable bonds is 5. The van der Waals surface area contributed by atoms with Crippen molar-refractivity contribution in [1.29, 1.82) is 0 Å². The highest BCUT2D eigenvalue weighted by Gasteiger charge is 2.20. The van der Waals surface area contributed by atoms with Crippen LogP contribution < -0.4 is 15.2 Å². The van der Waals surface area contributed by atoms with E-state index in [-0.39, 0.29) is 6.04 Å². The monoisotopic (exact) mass is 271 g/mol. The smallest absolute Gasteiger partial charge is 0.179 e. The van der Waals surface area contributed by atoms with E-state index in [0.29, 0.717) is 22.4 Å². The summed E-state index contributed by atoms with van der Waals surface area (Å²) >= 11 is 6.43. The normalized spacial score (nSPS) is 12.7. The summed E-state index contributed by atoms with van der Waals surface area (Å²) in [6.07, 6.45) is 0.771. The molecule has 0 aliphatic rings. The van der Waals surface area contributed by atoms with Gasteiger partial charge in [-0.1, -0.05) is 25.4 Å². The first-order valence-corrected chi connectivity index (χ1v) is 6.48. The van der Waals surface area contributed by atoms with Crippen molar-refractivity contribution in [3.8, 4) is 11.5 Å². The average Bonchev–Trinajstić information content (AvgIpc) is 2.26. The molecule has 0 saturated heterocycles. The predicted octanol–water partition coefficient (Wildman–Crippen LogP) is 3.37. The van der Waals surface area contributed by atoms with E-state index in [2.05, 4.69) is 13.8 Å². The Morgan fingerprint density at radius 1 is 1.22 bits per heavy atom. The van der Waals surface area contributed by atoms with Crippen molar-refractivity contribution in [2.24, 2.45) is 5.73 Å². The summed E-state index contributed by atoms with van der Waals surface area (Å²) in [5.74, 6) is 1.56. The fourth-order valence-corrected chi connectivity index (χ4v) is 2.66. The van der Waals surface area contributed by atoms with Crippen LogP contribution in [0.3, 0.4) is 0 Å². The molecule has 1 atom stereocenters. The van der Waals surface area contributed by atoms with Crippen LogP contribution >= 0.6 is 11.6 Å². The van der Waals surface area contributed by atoms with Crippen molar-refractivity contribution >= 4 is 11.6 Å². The number of benzene rings is 1. The molecule has 0 spiro atoms. The Morgan fingerprint density at radius 3 is 2.22 bits per heavy atom. The molecule has 0 aliphatic carbocycles. The van der Waals surface area contributed by atoms with E-state index in [1.807, 2.05) is 13.0 Å². The van der Waals surface area contributed by atoms with E-state index in [9.17, 15) is 0 Å². The molecule has 0 amide bonds. The molecule has 0 radical (unpaired) electrons. The number of ether oxygens (including phenoxy) is 2. The molecular weight excluding hydrogens is 250 g/mol. The van der Waals surface area contributed by atoms with Gasteiger partial charge in [-0.15, -0.1) is 0 Å². The van der Waals surface area contributed by atoms with E-state index in [1.54, 1.807) is 14.2 Å². The lowest BCUT2D eigenvalue weighted by Gasteiger charge is -2.20. The lowest BCUT2D eigenvalue weighted by atomic mass is 9.92. The third-order valence-corrected chi connectivity index (χ3v) is 3.23. The molecule has 0 aliphatic heterocycles. The van der Waals surface area contributed by atoms with Crippen LogP contribution in [-0.2, 0) is 6.42 Å². The van der Waals surface area contributed by atoms with Crippen molar-refractivity contribution < 1.29 is 9.47 Å². The van der Waals surface area contributed by atoms with Gasteiger partial charge in [0.2, 0.25) is 0 Å². The minimum atomic E-state index is 0.0802. The summed E-state index contributed by atoms with van der Waals surface area (Å²) in [6.45, 7) is 6.20. The summed E-state index contributed by atoms with van der Waals surface area (Å²) in [5, 5.41) is 0.627. The van der Waals surface area contributed by atoms with Crippen molar-refractivity contribution in [2.45, 2.75) is 39.2 Å². The highest BCUT2D eigenvalue weighted by Crippen LogP contribution is 2.42. The molecule has 0 bridgehead atoms. The van der Waals surface area contributed by atoms with E-state index < -0.39 is 0 Å². The number of halogens is 1. The van der Waals surface area contributed by atoms with Crippen molar-refractivity contribution in [3.63, 3.8) is 0 Å². The summed E-state index contributed by atoms with van der Waals surface area (Å²) < 4.78 is 10.7. The SMILES string of the molecule is COc1cc(CC(C)N)c(C(C)C)c(Cl)c1OC. The summed E-state index contributed by atoms with van der Waals surface area (Å²) in [7, 11) is 3.21. The molecule has 3 nitrogen and oxygen atoms in total. The van der Waals surface area contributed by atoms with Crippen molar-refractivity contribution in [3.05, 3.63) is 22.2 Å². The molecule has 4 heteroatoms. The van der Waals surface area contributed by atoms with Gasteiger partial charge in [-0.05, 0) is 36.5 Å². The van der Waals surface area contributed by atoms with Gasteiger partial charge in [-0.2, -0.15) is 0 Å². The van der Waals surface area contributed by atoms with Crippen LogP contribution in [0.5, 0.6) is 11.5 Å². The molecule has 1 rings (SSSR count). The standard InChI is InChI=1S/C14H22ClNO2/c1-8(2)12-10(6-9(3)16)7-11(17-4)14(18-5)13(12)15/h7-9H,6,16H2,1-5H3. The van der Waals surface area contributed by atoms with Crippen LogP contribution in [0.25, 0.3) is 0 Å². The zero-order valence-electron chi connectivity index (χ0n) is 11.7. The second kappa shape index (κ2) is 6.30. The average molecular weight is 272 g/mol. The van der Waals surface area contributed by atoms with Gasteiger partial charge in [0, 0.05) is 6.04 Å².